The van der Waals surface area contributed by atoms with E-state index in [-0.39, 0.29) is 5.54 Å². The topological polar surface area (TPSA) is 42.1 Å². The summed E-state index contributed by atoms with van der Waals surface area (Å²) in [6, 6.07) is 0. The van der Waals surface area contributed by atoms with Crippen molar-refractivity contribution >= 4 is 11.3 Å². The molecule has 4 heteroatoms. The molecule has 0 unspecified atom stereocenters. The molecule has 2 rings (SSSR count). The average Bonchev–Trinajstić information content (AvgIpc) is 2.74. The molecule has 1 aliphatic rings. The first-order chi connectivity index (χ1) is 8.94. The van der Waals surface area contributed by atoms with Crippen molar-refractivity contribution in [2.45, 2.75) is 52.5 Å². The van der Waals surface area contributed by atoms with E-state index in [2.05, 4.69) is 32.6 Å². The van der Waals surface area contributed by atoms with Gasteiger partial charge >= 0.3 is 0 Å². The monoisotopic (exact) mass is 281 g/mol. The molecule has 3 nitrogen and oxygen atoms in total. The molecule has 1 aromatic rings. The number of likely N-dealkylation sites (tertiary alicyclic amines) is 1. The van der Waals surface area contributed by atoms with Crippen LogP contribution in [0.25, 0.3) is 0 Å². The maximum Gasteiger partial charge on any atom is 0.113 e. The Kier molecular flexibility index (Phi) is 4.64. The maximum atomic E-state index is 6.63. The molecule has 0 radical (unpaired) electrons. The van der Waals surface area contributed by atoms with Gasteiger partial charge in [-0.05, 0) is 32.1 Å². The first kappa shape index (κ1) is 14.9. The molecule has 1 aliphatic heterocycles. The van der Waals surface area contributed by atoms with Crippen LogP contribution in [0.15, 0.2) is 0 Å². The fourth-order valence-electron chi connectivity index (χ4n) is 2.83. The minimum absolute atomic E-state index is 0.184. The lowest BCUT2D eigenvalue weighted by Crippen LogP contribution is -2.48. The zero-order valence-electron chi connectivity index (χ0n) is 12.7. The lowest BCUT2D eigenvalue weighted by atomic mass is 9.89. The number of thiazole rings is 1. The van der Waals surface area contributed by atoms with Gasteiger partial charge in [-0.1, -0.05) is 20.8 Å². The molecule has 0 atom stereocenters. The van der Waals surface area contributed by atoms with Crippen molar-refractivity contribution < 1.29 is 0 Å². The zero-order valence-corrected chi connectivity index (χ0v) is 13.5. The zero-order chi connectivity index (χ0) is 14.0. The molecule has 1 saturated heterocycles. The van der Waals surface area contributed by atoms with Gasteiger partial charge in [0.15, 0.2) is 0 Å². The van der Waals surface area contributed by atoms with E-state index in [0.29, 0.717) is 0 Å². The lowest BCUT2D eigenvalue weighted by Gasteiger charge is -2.38. The number of aryl methyl sites for hydroxylation is 2. The molecular formula is C15H27N3S. The van der Waals surface area contributed by atoms with Gasteiger partial charge in [-0.3, -0.25) is 0 Å². The van der Waals surface area contributed by atoms with Gasteiger partial charge in [-0.2, -0.15) is 0 Å². The highest BCUT2D eigenvalue weighted by Crippen LogP contribution is 2.34. The van der Waals surface area contributed by atoms with E-state index in [1.807, 2.05) is 0 Å². The Labute approximate surface area is 121 Å². The van der Waals surface area contributed by atoms with Crippen LogP contribution >= 0.6 is 11.3 Å². The predicted molar refractivity (Wildman–Crippen MR) is 82.6 cm³/mol. The summed E-state index contributed by atoms with van der Waals surface area (Å²) in [6.07, 6.45) is 3.09. The van der Waals surface area contributed by atoms with Crippen molar-refractivity contribution in [1.82, 2.24) is 9.88 Å². The van der Waals surface area contributed by atoms with Crippen LogP contribution in [0.5, 0.6) is 0 Å². The second-order valence-electron chi connectivity index (χ2n) is 6.23. The molecule has 108 valence electrons. The summed E-state index contributed by atoms with van der Waals surface area (Å²) in [5, 5.41) is 1.16. The molecule has 2 heterocycles. The molecule has 2 N–H and O–H groups in total. The molecule has 0 amide bonds. The molecule has 19 heavy (non-hydrogen) atoms. The Hall–Kier alpha value is -0.450. The first-order valence-electron chi connectivity index (χ1n) is 7.42. The van der Waals surface area contributed by atoms with Gasteiger partial charge in [0.25, 0.3) is 0 Å². The maximum absolute atomic E-state index is 6.63. The quantitative estimate of drug-likeness (QED) is 0.922. The molecular weight excluding hydrogens is 254 g/mol. The molecule has 0 aliphatic carbocycles. The summed E-state index contributed by atoms with van der Waals surface area (Å²) in [7, 11) is 0. The number of aromatic nitrogens is 1. The average molecular weight is 281 g/mol. The van der Waals surface area contributed by atoms with Crippen molar-refractivity contribution in [2.24, 2.45) is 11.7 Å². The minimum Gasteiger partial charge on any atom is -0.319 e. The fraction of sp³-hybridized carbons (Fsp3) is 0.800. The van der Waals surface area contributed by atoms with Gasteiger partial charge in [0.05, 0.1) is 11.2 Å². The molecule has 0 saturated carbocycles. The number of piperidine rings is 1. The summed E-state index contributed by atoms with van der Waals surface area (Å²) in [5.41, 5.74) is 7.68. The second kappa shape index (κ2) is 5.90. The van der Waals surface area contributed by atoms with Crippen LogP contribution in [0.1, 0.15) is 49.2 Å². The number of hydrogen-bond acceptors (Lipinski definition) is 4. The fourth-order valence-corrected chi connectivity index (χ4v) is 3.99. The summed E-state index contributed by atoms with van der Waals surface area (Å²) < 4.78 is 0. The highest BCUT2D eigenvalue weighted by Gasteiger charge is 2.35. The van der Waals surface area contributed by atoms with Crippen LogP contribution in [0.2, 0.25) is 0 Å². The van der Waals surface area contributed by atoms with E-state index < -0.39 is 0 Å². The van der Waals surface area contributed by atoms with Crippen molar-refractivity contribution in [3.05, 3.63) is 15.6 Å². The number of hydrogen-bond donors (Lipinski definition) is 1. The largest absolute Gasteiger partial charge is 0.319 e. The summed E-state index contributed by atoms with van der Waals surface area (Å²) in [5.74, 6) is 0.735. The van der Waals surface area contributed by atoms with Gasteiger partial charge in [0, 0.05) is 24.5 Å². The Balaban J connectivity index is 2.04. The van der Waals surface area contributed by atoms with Crippen LogP contribution in [-0.2, 0) is 12.0 Å². The van der Waals surface area contributed by atoms with Crippen LogP contribution in [0, 0.1) is 12.8 Å². The smallest absolute Gasteiger partial charge is 0.113 e. The van der Waals surface area contributed by atoms with E-state index in [1.54, 1.807) is 11.3 Å². The van der Waals surface area contributed by atoms with Crippen LogP contribution < -0.4 is 5.73 Å². The Morgan fingerprint density at radius 1 is 1.37 bits per heavy atom. The number of rotatable bonds is 4. The molecule has 1 fully saturated rings. The third kappa shape index (κ3) is 3.36. The summed E-state index contributed by atoms with van der Waals surface area (Å²) in [6.45, 7) is 12.3. The van der Waals surface area contributed by atoms with Gasteiger partial charge in [-0.25, -0.2) is 4.98 Å². The normalized spacial score (nSPS) is 20.1. The third-order valence-electron chi connectivity index (χ3n) is 4.03. The van der Waals surface area contributed by atoms with Gasteiger partial charge in [0.1, 0.15) is 5.01 Å². The first-order valence-corrected chi connectivity index (χ1v) is 8.24. The van der Waals surface area contributed by atoms with E-state index in [0.717, 1.165) is 43.3 Å². The van der Waals surface area contributed by atoms with E-state index in [4.69, 9.17) is 10.7 Å². The van der Waals surface area contributed by atoms with Crippen molar-refractivity contribution in [3.8, 4) is 0 Å². The van der Waals surface area contributed by atoms with E-state index >= 15 is 0 Å². The highest BCUT2D eigenvalue weighted by atomic mass is 32.1. The number of nitrogens with two attached hydrogens (primary N) is 1. The predicted octanol–water partition coefficient (Wildman–Crippen LogP) is 2.92. The Morgan fingerprint density at radius 2 is 2.00 bits per heavy atom. The molecule has 1 aromatic heterocycles. The van der Waals surface area contributed by atoms with Crippen molar-refractivity contribution in [2.75, 3.05) is 19.6 Å². The summed E-state index contributed by atoms with van der Waals surface area (Å²) >= 11 is 1.80. The SMILES string of the molecule is CCc1nc(C2(N)CCN(CC(C)C)CC2)sc1C. The van der Waals surface area contributed by atoms with Gasteiger partial charge < -0.3 is 10.6 Å². The third-order valence-corrected chi connectivity index (χ3v) is 5.26. The van der Waals surface area contributed by atoms with E-state index in [9.17, 15) is 0 Å². The minimum atomic E-state index is -0.184. The van der Waals surface area contributed by atoms with Crippen LogP contribution in [0.4, 0.5) is 0 Å². The number of nitrogens with zero attached hydrogens (tertiary/aromatic N) is 2. The molecule has 0 aromatic carbocycles. The molecule has 0 bridgehead atoms. The van der Waals surface area contributed by atoms with Crippen LogP contribution in [0.3, 0.4) is 0 Å². The van der Waals surface area contributed by atoms with Crippen molar-refractivity contribution in [3.63, 3.8) is 0 Å². The van der Waals surface area contributed by atoms with Crippen molar-refractivity contribution in [1.29, 1.82) is 0 Å². The van der Waals surface area contributed by atoms with Crippen LogP contribution in [-0.4, -0.2) is 29.5 Å². The lowest BCUT2D eigenvalue weighted by molar-refractivity contribution is 0.148. The van der Waals surface area contributed by atoms with Gasteiger partial charge in [-0.15, -0.1) is 11.3 Å². The standard InChI is InChI=1S/C15H27N3S/c1-5-13-12(4)19-14(17-13)15(16)6-8-18(9-7-15)10-11(2)3/h11H,5-10,16H2,1-4H3. The molecule has 0 spiro atoms. The second-order valence-corrected chi connectivity index (χ2v) is 7.43. The highest BCUT2D eigenvalue weighted by molar-refractivity contribution is 7.11. The van der Waals surface area contributed by atoms with E-state index in [1.165, 1.54) is 17.1 Å². The Bertz CT molecular complexity index is 417. The van der Waals surface area contributed by atoms with Gasteiger partial charge in [0.2, 0.25) is 0 Å². The summed E-state index contributed by atoms with van der Waals surface area (Å²) in [4.78, 5) is 8.66. The Morgan fingerprint density at radius 3 is 2.47 bits per heavy atom.